The number of amides is 4. The minimum atomic E-state index is -1.23. The number of phenolic OH excluding ortho intramolecular Hbond substituents is 1. The Morgan fingerprint density at radius 3 is 2.00 bits per heavy atom. The third-order valence-corrected chi connectivity index (χ3v) is 5.70. The van der Waals surface area contributed by atoms with Gasteiger partial charge in [0.05, 0.1) is 7.11 Å². The van der Waals surface area contributed by atoms with Gasteiger partial charge < -0.3 is 35.8 Å². The zero-order valence-corrected chi connectivity index (χ0v) is 24.1. The standard InChI is InChI=1S/C29H40N4O7/c1-28(2,3)33(26(37)22(16-17-23(30)35)32-27(38)40-29(4,5)6)24(18-8-12-20(34)13-9-18)25(36)31-19-10-14-21(39-7)15-11-19/h8-15,22,24,34H,16-17H2,1-7H3,(H2,30,35)(H,31,36)(H,32,38). The zero-order valence-electron chi connectivity index (χ0n) is 24.1. The highest BCUT2D eigenvalue weighted by molar-refractivity contribution is 5.99. The average Bonchev–Trinajstić information content (AvgIpc) is 2.83. The quantitative estimate of drug-likeness (QED) is 0.345. The van der Waals surface area contributed by atoms with Crippen LogP contribution in [-0.2, 0) is 19.1 Å². The van der Waals surface area contributed by atoms with Crippen molar-refractivity contribution in [2.75, 3.05) is 12.4 Å². The number of aromatic hydroxyl groups is 1. The molecule has 218 valence electrons. The third kappa shape index (κ3) is 9.48. The van der Waals surface area contributed by atoms with Crippen LogP contribution in [0.1, 0.15) is 66.0 Å². The molecule has 0 saturated carbocycles. The Bertz CT molecular complexity index is 1180. The van der Waals surface area contributed by atoms with Crippen LogP contribution in [0, 0.1) is 0 Å². The molecule has 5 N–H and O–H groups in total. The number of methoxy groups -OCH3 is 1. The molecule has 40 heavy (non-hydrogen) atoms. The molecule has 0 radical (unpaired) electrons. The molecule has 4 amide bonds. The van der Waals surface area contributed by atoms with Crippen LogP contribution in [0.15, 0.2) is 48.5 Å². The number of benzene rings is 2. The average molecular weight is 557 g/mol. The van der Waals surface area contributed by atoms with Crippen LogP contribution in [-0.4, -0.2) is 58.1 Å². The van der Waals surface area contributed by atoms with Crippen molar-refractivity contribution in [1.29, 1.82) is 0 Å². The number of hydrogen-bond acceptors (Lipinski definition) is 7. The number of carbonyl (C=O) groups excluding carboxylic acids is 4. The summed E-state index contributed by atoms with van der Waals surface area (Å²) in [5.74, 6) is -1.23. The Kier molecular flexibility index (Phi) is 10.5. The molecular weight excluding hydrogens is 516 g/mol. The SMILES string of the molecule is COc1ccc(NC(=O)C(c2ccc(O)cc2)N(C(=O)C(CCC(N)=O)NC(=O)OC(C)(C)C)C(C)(C)C)cc1. The molecule has 2 aromatic carbocycles. The number of carbonyl (C=O) groups is 4. The lowest BCUT2D eigenvalue weighted by Gasteiger charge is -2.43. The molecule has 0 fully saturated rings. The Morgan fingerprint density at radius 1 is 0.950 bits per heavy atom. The predicted molar refractivity (Wildman–Crippen MR) is 151 cm³/mol. The molecule has 2 unspecified atom stereocenters. The minimum Gasteiger partial charge on any atom is -0.508 e. The van der Waals surface area contributed by atoms with E-state index in [4.69, 9.17) is 15.2 Å². The van der Waals surface area contributed by atoms with E-state index in [2.05, 4.69) is 10.6 Å². The lowest BCUT2D eigenvalue weighted by molar-refractivity contribution is -0.147. The summed E-state index contributed by atoms with van der Waals surface area (Å²) in [7, 11) is 1.53. The van der Waals surface area contributed by atoms with Crippen LogP contribution < -0.4 is 21.1 Å². The number of nitrogens with one attached hydrogen (secondary N) is 2. The second-order valence-electron chi connectivity index (χ2n) is 11.3. The number of primary amides is 1. The second-order valence-corrected chi connectivity index (χ2v) is 11.3. The number of nitrogens with two attached hydrogens (primary N) is 1. The van der Waals surface area contributed by atoms with E-state index in [1.54, 1.807) is 77.9 Å². The fraction of sp³-hybridized carbons (Fsp3) is 0.448. The van der Waals surface area contributed by atoms with Crippen molar-refractivity contribution >= 4 is 29.5 Å². The van der Waals surface area contributed by atoms with Gasteiger partial charge >= 0.3 is 6.09 Å². The fourth-order valence-corrected chi connectivity index (χ4v) is 3.97. The first-order valence-corrected chi connectivity index (χ1v) is 12.9. The number of phenols is 1. The molecule has 0 bridgehead atoms. The molecular formula is C29H40N4O7. The number of rotatable bonds is 10. The summed E-state index contributed by atoms with van der Waals surface area (Å²) in [6, 6.07) is 10.2. The van der Waals surface area contributed by atoms with E-state index in [-0.39, 0.29) is 18.6 Å². The summed E-state index contributed by atoms with van der Waals surface area (Å²) in [4.78, 5) is 53.7. The topological polar surface area (TPSA) is 160 Å². The van der Waals surface area contributed by atoms with E-state index >= 15 is 0 Å². The van der Waals surface area contributed by atoms with Gasteiger partial charge in [0, 0.05) is 17.6 Å². The monoisotopic (exact) mass is 556 g/mol. The highest BCUT2D eigenvalue weighted by Crippen LogP contribution is 2.32. The van der Waals surface area contributed by atoms with Crippen LogP contribution >= 0.6 is 0 Å². The molecule has 0 aliphatic carbocycles. The van der Waals surface area contributed by atoms with Crippen LogP contribution in [0.5, 0.6) is 11.5 Å². The van der Waals surface area contributed by atoms with Gasteiger partial charge in [0.2, 0.25) is 11.8 Å². The minimum absolute atomic E-state index is 0.0161. The summed E-state index contributed by atoms with van der Waals surface area (Å²) in [6.45, 7) is 10.3. The molecule has 11 heteroatoms. The normalized spacial score (nSPS) is 13.0. The van der Waals surface area contributed by atoms with E-state index < -0.39 is 47.0 Å². The van der Waals surface area contributed by atoms with Gasteiger partial charge in [0.15, 0.2) is 0 Å². The van der Waals surface area contributed by atoms with Gasteiger partial charge in [0.1, 0.15) is 29.2 Å². The van der Waals surface area contributed by atoms with Gasteiger partial charge in [-0.3, -0.25) is 14.4 Å². The molecule has 0 spiro atoms. The Labute approximate surface area is 235 Å². The van der Waals surface area contributed by atoms with Crippen molar-refractivity contribution in [1.82, 2.24) is 10.2 Å². The number of alkyl carbamates (subject to hydrolysis) is 1. The molecule has 11 nitrogen and oxygen atoms in total. The fourth-order valence-electron chi connectivity index (χ4n) is 3.97. The molecule has 0 heterocycles. The smallest absolute Gasteiger partial charge is 0.408 e. The first-order chi connectivity index (χ1) is 18.5. The maximum Gasteiger partial charge on any atom is 0.408 e. The molecule has 0 saturated heterocycles. The van der Waals surface area contributed by atoms with Crippen molar-refractivity contribution in [2.24, 2.45) is 5.73 Å². The molecule has 2 aromatic rings. The summed E-state index contributed by atoms with van der Waals surface area (Å²) in [5.41, 5.74) is 4.45. The van der Waals surface area contributed by atoms with Gasteiger partial charge in [-0.2, -0.15) is 0 Å². The van der Waals surface area contributed by atoms with Gasteiger partial charge in [0.25, 0.3) is 5.91 Å². The lowest BCUT2D eigenvalue weighted by Crippen LogP contribution is -2.58. The van der Waals surface area contributed by atoms with E-state index in [1.165, 1.54) is 24.1 Å². The van der Waals surface area contributed by atoms with E-state index in [0.29, 0.717) is 17.0 Å². The molecule has 2 atom stereocenters. The van der Waals surface area contributed by atoms with E-state index in [1.807, 2.05) is 0 Å². The number of nitrogens with zero attached hydrogens (tertiary/aromatic N) is 1. The Hall–Kier alpha value is -4.28. The Morgan fingerprint density at radius 2 is 1.52 bits per heavy atom. The van der Waals surface area contributed by atoms with Crippen LogP contribution in [0.25, 0.3) is 0 Å². The molecule has 0 aromatic heterocycles. The number of ether oxygens (including phenoxy) is 2. The third-order valence-electron chi connectivity index (χ3n) is 5.70. The summed E-state index contributed by atoms with van der Waals surface area (Å²) in [5, 5.41) is 15.3. The van der Waals surface area contributed by atoms with Crippen molar-refractivity contribution in [3.05, 3.63) is 54.1 Å². The van der Waals surface area contributed by atoms with Gasteiger partial charge in [-0.05, 0) is 89.9 Å². The van der Waals surface area contributed by atoms with Crippen LogP contribution in [0.3, 0.4) is 0 Å². The van der Waals surface area contributed by atoms with Crippen molar-refractivity contribution in [3.8, 4) is 11.5 Å². The van der Waals surface area contributed by atoms with Gasteiger partial charge in [-0.15, -0.1) is 0 Å². The maximum atomic E-state index is 14.2. The second kappa shape index (κ2) is 13.2. The highest BCUT2D eigenvalue weighted by atomic mass is 16.6. The number of hydrogen-bond donors (Lipinski definition) is 4. The highest BCUT2D eigenvalue weighted by Gasteiger charge is 2.42. The first kappa shape index (κ1) is 31.9. The summed E-state index contributed by atoms with van der Waals surface area (Å²) in [6.07, 6.45) is -1.15. The van der Waals surface area contributed by atoms with Crippen molar-refractivity contribution < 1.29 is 33.8 Å². The summed E-state index contributed by atoms with van der Waals surface area (Å²) < 4.78 is 10.5. The molecule has 2 rings (SSSR count). The van der Waals surface area contributed by atoms with Gasteiger partial charge in [-0.1, -0.05) is 12.1 Å². The molecule has 0 aliphatic heterocycles. The molecule has 0 aliphatic rings. The van der Waals surface area contributed by atoms with Crippen LogP contribution in [0.2, 0.25) is 0 Å². The first-order valence-electron chi connectivity index (χ1n) is 12.9. The van der Waals surface area contributed by atoms with E-state index in [0.717, 1.165) is 0 Å². The lowest BCUT2D eigenvalue weighted by atomic mass is 9.94. The largest absolute Gasteiger partial charge is 0.508 e. The Balaban J connectivity index is 2.56. The predicted octanol–water partition coefficient (Wildman–Crippen LogP) is 3.87. The number of anilines is 1. The van der Waals surface area contributed by atoms with Crippen LogP contribution in [0.4, 0.5) is 10.5 Å². The van der Waals surface area contributed by atoms with E-state index in [9.17, 15) is 24.3 Å². The van der Waals surface area contributed by atoms with Crippen molar-refractivity contribution in [3.63, 3.8) is 0 Å². The maximum absolute atomic E-state index is 14.2. The van der Waals surface area contributed by atoms with Gasteiger partial charge in [-0.25, -0.2) is 4.79 Å². The zero-order chi connectivity index (χ0) is 30.3. The van der Waals surface area contributed by atoms with Crippen molar-refractivity contribution in [2.45, 2.75) is 77.6 Å². The summed E-state index contributed by atoms with van der Waals surface area (Å²) >= 11 is 0.